The smallest absolute Gasteiger partial charge is 0.178 e. The van der Waals surface area contributed by atoms with Crippen molar-refractivity contribution in [1.82, 2.24) is 0 Å². The Morgan fingerprint density at radius 2 is 2.12 bits per heavy atom. The van der Waals surface area contributed by atoms with E-state index in [2.05, 4.69) is 0 Å². The molecule has 1 rings (SSSR count). The second-order valence-corrected chi connectivity index (χ2v) is 6.06. The van der Waals surface area contributed by atoms with Crippen LogP contribution in [0.25, 0.3) is 0 Å². The van der Waals surface area contributed by atoms with Crippen molar-refractivity contribution in [2.75, 3.05) is 18.7 Å². The highest BCUT2D eigenvalue weighted by molar-refractivity contribution is 7.91. The van der Waals surface area contributed by atoms with Crippen LogP contribution in [0.1, 0.15) is 6.92 Å². The van der Waals surface area contributed by atoms with Gasteiger partial charge in [0.15, 0.2) is 9.84 Å². The summed E-state index contributed by atoms with van der Waals surface area (Å²) in [6.45, 7) is 1.81. The molecule has 1 unspecified atom stereocenters. The Morgan fingerprint density at radius 1 is 1.44 bits per heavy atom. The van der Waals surface area contributed by atoms with Crippen LogP contribution >= 0.6 is 11.6 Å². The summed E-state index contributed by atoms with van der Waals surface area (Å²) in [6, 6.07) is 6.47. The van der Waals surface area contributed by atoms with Gasteiger partial charge in [-0.1, -0.05) is 13.0 Å². The van der Waals surface area contributed by atoms with Gasteiger partial charge in [-0.05, 0) is 24.1 Å². The van der Waals surface area contributed by atoms with Gasteiger partial charge >= 0.3 is 0 Å². The topological polar surface area (TPSA) is 43.4 Å². The Hall–Kier alpha value is -0.740. The quantitative estimate of drug-likeness (QED) is 0.765. The zero-order chi connectivity index (χ0) is 12.2. The molecule has 0 heterocycles. The Kier molecular flexibility index (Phi) is 4.62. The molecule has 0 aliphatic carbocycles. The van der Waals surface area contributed by atoms with Crippen molar-refractivity contribution in [2.45, 2.75) is 11.8 Å². The van der Waals surface area contributed by atoms with Crippen LogP contribution in [0.5, 0.6) is 5.75 Å². The molecule has 1 aromatic carbocycles. The van der Waals surface area contributed by atoms with Crippen molar-refractivity contribution in [3.8, 4) is 5.75 Å². The van der Waals surface area contributed by atoms with Gasteiger partial charge in [-0.25, -0.2) is 8.42 Å². The summed E-state index contributed by atoms with van der Waals surface area (Å²) in [5.41, 5.74) is 0. The second-order valence-electron chi connectivity index (χ2n) is 3.72. The predicted molar refractivity (Wildman–Crippen MR) is 64.9 cm³/mol. The van der Waals surface area contributed by atoms with Gasteiger partial charge in [0.1, 0.15) is 5.75 Å². The highest BCUT2D eigenvalue weighted by atomic mass is 35.5. The molecule has 0 aliphatic rings. The number of sulfone groups is 1. The summed E-state index contributed by atoms with van der Waals surface area (Å²) >= 11 is 5.61. The van der Waals surface area contributed by atoms with Crippen molar-refractivity contribution >= 4 is 21.4 Å². The van der Waals surface area contributed by atoms with Gasteiger partial charge in [-0.2, -0.15) is 0 Å². The van der Waals surface area contributed by atoms with Gasteiger partial charge in [0.2, 0.25) is 0 Å². The SMILES string of the molecule is COc1cccc(S(=O)(=O)CC(C)CCl)c1. The van der Waals surface area contributed by atoms with Crippen LogP contribution in [0.2, 0.25) is 0 Å². The van der Waals surface area contributed by atoms with E-state index in [1.807, 2.05) is 6.92 Å². The van der Waals surface area contributed by atoms with E-state index in [1.165, 1.54) is 13.2 Å². The summed E-state index contributed by atoms with van der Waals surface area (Å²) < 4.78 is 28.9. The first-order chi connectivity index (χ1) is 7.49. The normalized spacial score (nSPS) is 13.4. The number of halogens is 1. The predicted octanol–water partition coefficient (Wildman–Crippen LogP) is 2.34. The lowest BCUT2D eigenvalue weighted by atomic mass is 10.3. The third-order valence-electron chi connectivity index (χ3n) is 2.17. The number of ether oxygens (including phenoxy) is 1. The fourth-order valence-electron chi connectivity index (χ4n) is 1.31. The molecular weight excluding hydrogens is 248 g/mol. The van der Waals surface area contributed by atoms with E-state index < -0.39 is 9.84 Å². The molecule has 5 heteroatoms. The molecule has 1 atom stereocenters. The summed E-state index contributed by atoms with van der Waals surface area (Å²) in [5, 5.41) is 0. The van der Waals surface area contributed by atoms with E-state index in [0.29, 0.717) is 11.6 Å². The summed E-state index contributed by atoms with van der Waals surface area (Å²) in [4.78, 5) is 0.281. The van der Waals surface area contributed by atoms with Crippen LogP contribution in [-0.2, 0) is 9.84 Å². The van der Waals surface area contributed by atoms with Crippen molar-refractivity contribution in [2.24, 2.45) is 5.92 Å². The Labute approximate surface area is 101 Å². The second kappa shape index (κ2) is 5.55. The summed E-state index contributed by atoms with van der Waals surface area (Å²) in [6.07, 6.45) is 0. The Morgan fingerprint density at radius 3 is 2.69 bits per heavy atom. The maximum Gasteiger partial charge on any atom is 0.178 e. The molecule has 0 saturated heterocycles. The standard InChI is InChI=1S/C11H15ClO3S/c1-9(7-12)8-16(13,14)11-5-3-4-10(6-11)15-2/h3-6,9H,7-8H2,1-2H3. The monoisotopic (exact) mass is 262 g/mol. The van der Waals surface area contributed by atoms with Crippen molar-refractivity contribution < 1.29 is 13.2 Å². The molecule has 0 aromatic heterocycles. The number of benzene rings is 1. The molecule has 0 fully saturated rings. The summed E-state index contributed by atoms with van der Waals surface area (Å²) in [5.74, 6) is 0.879. The first-order valence-electron chi connectivity index (χ1n) is 4.92. The number of rotatable bonds is 5. The van der Waals surface area contributed by atoms with Gasteiger partial charge in [-0.3, -0.25) is 0 Å². The largest absolute Gasteiger partial charge is 0.497 e. The number of alkyl halides is 1. The van der Waals surface area contributed by atoms with Crippen LogP contribution in [-0.4, -0.2) is 27.2 Å². The molecule has 16 heavy (non-hydrogen) atoms. The fourth-order valence-corrected chi connectivity index (χ4v) is 3.19. The van der Waals surface area contributed by atoms with Crippen LogP contribution in [0.15, 0.2) is 29.2 Å². The minimum Gasteiger partial charge on any atom is -0.497 e. The van der Waals surface area contributed by atoms with Crippen LogP contribution < -0.4 is 4.74 Å². The molecule has 0 spiro atoms. The van der Waals surface area contributed by atoms with Gasteiger partial charge < -0.3 is 4.74 Å². The minimum atomic E-state index is -3.27. The minimum absolute atomic E-state index is 0.0575. The number of hydrogen-bond donors (Lipinski definition) is 0. The molecule has 90 valence electrons. The molecule has 0 radical (unpaired) electrons. The van der Waals surface area contributed by atoms with E-state index in [-0.39, 0.29) is 16.6 Å². The molecule has 0 amide bonds. The zero-order valence-corrected chi connectivity index (χ0v) is 10.9. The van der Waals surface area contributed by atoms with Gasteiger partial charge in [0.25, 0.3) is 0 Å². The Balaban J connectivity index is 2.98. The summed E-state index contributed by atoms with van der Waals surface area (Å²) in [7, 11) is -1.76. The first kappa shape index (κ1) is 13.3. The lowest BCUT2D eigenvalue weighted by Crippen LogP contribution is -2.15. The van der Waals surface area contributed by atoms with Gasteiger partial charge in [-0.15, -0.1) is 11.6 Å². The molecule has 0 N–H and O–H groups in total. The van der Waals surface area contributed by atoms with Crippen molar-refractivity contribution in [1.29, 1.82) is 0 Å². The first-order valence-corrected chi connectivity index (χ1v) is 7.11. The molecular formula is C11H15ClO3S. The number of hydrogen-bond acceptors (Lipinski definition) is 3. The lowest BCUT2D eigenvalue weighted by molar-refractivity contribution is 0.413. The van der Waals surface area contributed by atoms with Crippen LogP contribution in [0.4, 0.5) is 0 Å². The molecule has 0 saturated carbocycles. The molecule has 0 bridgehead atoms. The maximum atomic E-state index is 12.0. The molecule has 1 aromatic rings. The average molecular weight is 263 g/mol. The molecule has 0 aliphatic heterocycles. The highest BCUT2D eigenvalue weighted by Crippen LogP contribution is 2.20. The van der Waals surface area contributed by atoms with Crippen LogP contribution in [0.3, 0.4) is 0 Å². The average Bonchev–Trinajstić information content (AvgIpc) is 2.28. The third-order valence-corrected chi connectivity index (χ3v) is 4.67. The van der Waals surface area contributed by atoms with E-state index in [9.17, 15) is 8.42 Å². The Bertz CT molecular complexity index is 442. The van der Waals surface area contributed by atoms with E-state index >= 15 is 0 Å². The van der Waals surface area contributed by atoms with Crippen LogP contribution in [0, 0.1) is 5.92 Å². The van der Waals surface area contributed by atoms with E-state index in [0.717, 1.165) is 0 Å². The van der Waals surface area contributed by atoms with E-state index in [4.69, 9.17) is 16.3 Å². The lowest BCUT2D eigenvalue weighted by Gasteiger charge is -2.09. The third kappa shape index (κ3) is 3.39. The van der Waals surface area contributed by atoms with Crippen molar-refractivity contribution in [3.05, 3.63) is 24.3 Å². The van der Waals surface area contributed by atoms with Gasteiger partial charge in [0.05, 0.1) is 17.8 Å². The molecule has 3 nitrogen and oxygen atoms in total. The van der Waals surface area contributed by atoms with Gasteiger partial charge in [0, 0.05) is 5.88 Å². The zero-order valence-electron chi connectivity index (χ0n) is 9.31. The van der Waals surface area contributed by atoms with E-state index in [1.54, 1.807) is 18.2 Å². The fraction of sp³-hybridized carbons (Fsp3) is 0.455. The number of methoxy groups -OCH3 is 1. The van der Waals surface area contributed by atoms with Crippen molar-refractivity contribution in [3.63, 3.8) is 0 Å². The maximum absolute atomic E-state index is 12.0. The highest BCUT2D eigenvalue weighted by Gasteiger charge is 2.18.